The van der Waals surface area contributed by atoms with E-state index in [1.54, 1.807) is 19.2 Å². The number of nitrogens with two attached hydrogens (primary N) is 1. The Morgan fingerprint density at radius 3 is 2.56 bits per heavy atom. The fourth-order valence-corrected chi connectivity index (χ4v) is 1.88. The molecule has 0 radical (unpaired) electrons. The van der Waals surface area contributed by atoms with Crippen LogP contribution in [0.4, 0.5) is 0 Å². The second kappa shape index (κ2) is 10.9. The topological polar surface area (TPSA) is 123 Å². The van der Waals surface area contributed by atoms with Crippen molar-refractivity contribution in [2.45, 2.75) is 20.4 Å². The molecule has 0 spiro atoms. The summed E-state index contributed by atoms with van der Waals surface area (Å²) in [5.41, 5.74) is 8.28. The SMILES string of the molecule is C=CC(=NC(=C)C(=N)N)c1ccc(CN=C(C)N/C=C(/C#N)N=CC)cc1. The summed E-state index contributed by atoms with van der Waals surface area (Å²) in [6.07, 6.45) is 4.65. The zero-order valence-electron chi connectivity index (χ0n) is 15.5. The molecule has 27 heavy (non-hydrogen) atoms. The smallest absolute Gasteiger partial charge is 0.156 e. The standard InChI is InChI=1S/C20H23N7/c1-5-19(27-14(3)20(22)23)17-9-7-16(8-10-17)12-25-15(4)26-13-18(11-21)24-6-2/h5-10,13H,1,3,12H2,2,4H3,(H3,22,23)(H,25,26)/b18-13-,24-6?,27-19?. The Hall–Kier alpha value is -3.79. The second-order valence-electron chi connectivity index (χ2n) is 5.33. The molecule has 0 saturated heterocycles. The molecule has 0 heterocycles. The highest BCUT2D eigenvalue weighted by molar-refractivity contribution is 6.11. The largest absolute Gasteiger partial charge is 0.382 e. The summed E-state index contributed by atoms with van der Waals surface area (Å²) in [4.78, 5) is 12.5. The third kappa shape index (κ3) is 7.32. The maximum atomic E-state index is 8.90. The fraction of sp³-hybridized carbons (Fsp3) is 0.150. The van der Waals surface area contributed by atoms with E-state index in [0.717, 1.165) is 11.1 Å². The molecule has 0 saturated carbocycles. The first-order valence-electron chi connectivity index (χ1n) is 8.11. The Morgan fingerprint density at radius 1 is 1.37 bits per heavy atom. The number of nitrogens with one attached hydrogen (secondary N) is 2. The number of hydrogen-bond acceptors (Lipinski definition) is 5. The molecule has 0 aliphatic heterocycles. The predicted molar refractivity (Wildman–Crippen MR) is 112 cm³/mol. The normalized spacial score (nSPS) is 12.6. The van der Waals surface area contributed by atoms with Crippen molar-refractivity contribution in [1.29, 1.82) is 10.7 Å². The average molecular weight is 361 g/mol. The summed E-state index contributed by atoms with van der Waals surface area (Å²) in [6.45, 7) is 11.4. The number of amidine groups is 2. The van der Waals surface area contributed by atoms with Crippen molar-refractivity contribution >= 4 is 23.6 Å². The summed E-state index contributed by atoms with van der Waals surface area (Å²) < 4.78 is 0. The molecule has 0 aliphatic rings. The number of rotatable bonds is 8. The number of benzene rings is 1. The van der Waals surface area contributed by atoms with E-state index in [1.165, 1.54) is 6.20 Å². The van der Waals surface area contributed by atoms with Gasteiger partial charge in [-0.15, -0.1) is 0 Å². The van der Waals surface area contributed by atoms with Crippen molar-refractivity contribution in [3.63, 3.8) is 0 Å². The quantitative estimate of drug-likeness (QED) is 0.374. The Labute approximate surface area is 159 Å². The van der Waals surface area contributed by atoms with Crippen molar-refractivity contribution in [3.05, 3.63) is 72.2 Å². The Kier molecular flexibility index (Phi) is 8.62. The van der Waals surface area contributed by atoms with Gasteiger partial charge in [-0.2, -0.15) is 5.26 Å². The van der Waals surface area contributed by atoms with Gasteiger partial charge in [0.15, 0.2) is 5.70 Å². The third-order valence-corrected chi connectivity index (χ3v) is 3.31. The Balaban J connectivity index is 2.82. The molecule has 0 atom stereocenters. The first kappa shape index (κ1) is 21.3. The number of nitriles is 1. The van der Waals surface area contributed by atoms with Crippen LogP contribution in [0.1, 0.15) is 25.0 Å². The van der Waals surface area contributed by atoms with Gasteiger partial charge in [0, 0.05) is 18.0 Å². The highest BCUT2D eigenvalue weighted by Gasteiger charge is 2.02. The van der Waals surface area contributed by atoms with Gasteiger partial charge in [-0.1, -0.05) is 37.4 Å². The molecule has 138 valence electrons. The molecule has 7 nitrogen and oxygen atoms in total. The van der Waals surface area contributed by atoms with E-state index in [9.17, 15) is 0 Å². The van der Waals surface area contributed by atoms with Crippen molar-refractivity contribution in [2.24, 2.45) is 20.7 Å². The van der Waals surface area contributed by atoms with E-state index >= 15 is 0 Å². The summed E-state index contributed by atoms with van der Waals surface area (Å²) in [5.74, 6) is 0.491. The predicted octanol–water partition coefficient (Wildman–Crippen LogP) is 3.08. The third-order valence-electron chi connectivity index (χ3n) is 3.31. The average Bonchev–Trinajstić information content (AvgIpc) is 2.67. The van der Waals surface area contributed by atoms with Crippen LogP contribution in [-0.2, 0) is 6.54 Å². The maximum Gasteiger partial charge on any atom is 0.156 e. The minimum absolute atomic E-state index is 0.179. The van der Waals surface area contributed by atoms with Gasteiger partial charge in [0.25, 0.3) is 0 Å². The Morgan fingerprint density at radius 2 is 2.04 bits per heavy atom. The van der Waals surface area contributed by atoms with E-state index in [0.29, 0.717) is 18.1 Å². The highest BCUT2D eigenvalue weighted by atomic mass is 15.0. The van der Waals surface area contributed by atoms with Gasteiger partial charge < -0.3 is 11.1 Å². The zero-order chi connectivity index (χ0) is 20.2. The van der Waals surface area contributed by atoms with E-state index < -0.39 is 0 Å². The van der Waals surface area contributed by atoms with Gasteiger partial charge in [-0.05, 0) is 25.5 Å². The van der Waals surface area contributed by atoms with Crippen LogP contribution in [0, 0.1) is 16.7 Å². The van der Waals surface area contributed by atoms with Crippen molar-refractivity contribution in [3.8, 4) is 6.07 Å². The lowest BCUT2D eigenvalue weighted by atomic mass is 10.1. The van der Waals surface area contributed by atoms with Crippen molar-refractivity contribution in [2.75, 3.05) is 0 Å². The van der Waals surface area contributed by atoms with Gasteiger partial charge in [-0.3, -0.25) is 10.4 Å². The minimum atomic E-state index is -0.179. The lowest BCUT2D eigenvalue weighted by Crippen LogP contribution is -2.14. The summed E-state index contributed by atoms with van der Waals surface area (Å²) in [5, 5.41) is 19.2. The van der Waals surface area contributed by atoms with Crippen LogP contribution in [0.3, 0.4) is 0 Å². The van der Waals surface area contributed by atoms with Crippen LogP contribution in [0.5, 0.6) is 0 Å². The zero-order valence-corrected chi connectivity index (χ0v) is 15.5. The number of nitrogens with zero attached hydrogens (tertiary/aromatic N) is 4. The van der Waals surface area contributed by atoms with Crippen LogP contribution in [-0.4, -0.2) is 23.6 Å². The molecule has 1 aromatic rings. The molecule has 1 rings (SSSR count). The molecule has 7 heteroatoms. The van der Waals surface area contributed by atoms with Gasteiger partial charge in [0.05, 0.1) is 23.8 Å². The molecule has 0 amide bonds. The second-order valence-corrected chi connectivity index (χ2v) is 5.33. The van der Waals surface area contributed by atoms with Gasteiger partial charge in [0.1, 0.15) is 11.9 Å². The molecular formula is C20H23N7. The summed E-state index contributed by atoms with van der Waals surface area (Å²) >= 11 is 0. The van der Waals surface area contributed by atoms with E-state index in [4.69, 9.17) is 16.4 Å². The molecule has 4 N–H and O–H groups in total. The van der Waals surface area contributed by atoms with Crippen LogP contribution in [0.25, 0.3) is 0 Å². The molecular weight excluding hydrogens is 338 g/mol. The molecule has 0 aromatic heterocycles. The van der Waals surface area contributed by atoms with Crippen LogP contribution >= 0.6 is 0 Å². The lowest BCUT2D eigenvalue weighted by molar-refractivity contribution is 1.03. The molecule has 0 unspecified atom stereocenters. The molecule has 0 bridgehead atoms. The van der Waals surface area contributed by atoms with Crippen LogP contribution in [0.15, 0.2) is 76.1 Å². The first-order chi connectivity index (χ1) is 12.9. The maximum absolute atomic E-state index is 8.90. The number of hydrogen-bond donors (Lipinski definition) is 3. The number of allylic oxidation sites excluding steroid dienone is 2. The molecule has 1 aromatic carbocycles. The minimum Gasteiger partial charge on any atom is -0.382 e. The fourth-order valence-electron chi connectivity index (χ4n) is 1.88. The summed E-state index contributed by atoms with van der Waals surface area (Å²) in [7, 11) is 0. The first-order valence-corrected chi connectivity index (χ1v) is 8.11. The van der Waals surface area contributed by atoms with Crippen molar-refractivity contribution < 1.29 is 0 Å². The monoisotopic (exact) mass is 361 g/mol. The summed E-state index contributed by atoms with van der Waals surface area (Å²) in [6, 6.07) is 9.62. The number of aliphatic imine (C=N–C) groups is 3. The van der Waals surface area contributed by atoms with E-state index in [-0.39, 0.29) is 17.2 Å². The van der Waals surface area contributed by atoms with Gasteiger partial charge in [-0.25, -0.2) is 9.98 Å². The van der Waals surface area contributed by atoms with Crippen LogP contribution < -0.4 is 11.1 Å². The van der Waals surface area contributed by atoms with Crippen molar-refractivity contribution in [1.82, 2.24) is 5.32 Å². The lowest BCUT2D eigenvalue weighted by Gasteiger charge is -2.05. The van der Waals surface area contributed by atoms with Gasteiger partial charge in [0.2, 0.25) is 0 Å². The van der Waals surface area contributed by atoms with E-state index in [2.05, 4.69) is 33.5 Å². The Bertz CT molecular complexity index is 863. The highest BCUT2D eigenvalue weighted by Crippen LogP contribution is 2.09. The molecule has 0 fully saturated rings. The van der Waals surface area contributed by atoms with Crippen LogP contribution in [0.2, 0.25) is 0 Å². The van der Waals surface area contributed by atoms with Gasteiger partial charge >= 0.3 is 0 Å². The van der Waals surface area contributed by atoms with E-state index in [1.807, 2.05) is 37.3 Å². The molecule has 0 aliphatic carbocycles.